The minimum absolute atomic E-state index is 0.0560. The number of carboxylic acid groups (broad SMARTS) is 1. The Bertz CT molecular complexity index is 808. The van der Waals surface area contributed by atoms with E-state index in [1.165, 1.54) is 12.1 Å². The highest BCUT2D eigenvalue weighted by Gasteiger charge is 2.40. The number of likely N-dealkylation sites (tertiary alicyclic amines) is 1. The monoisotopic (exact) mass is 397 g/mol. The van der Waals surface area contributed by atoms with E-state index in [-0.39, 0.29) is 5.56 Å². The Morgan fingerprint density at radius 3 is 2.41 bits per heavy atom. The van der Waals surface area contributed by atoms with Gasteiger partial charge >= 0.3 is 12.1 Å². The lowest BCUT2D eigenvalue weighted by Crippen LogP contribution is -2.47. The van der Waals surface area contributed by atoms with Crippen molar-refractivity contribution < 1.29 is 23.1 Å². The van der Waals surface area contributed by atoms with Crippen LogP contribution in [0, 0.1) is 0 Å². The van der Waals surface area contributed by atoms with Crippen molar-refractivity contribution >= 4 is 17.6 Å². The molecule has 2 unspecified atom stereocenters. The van der Waals surface area contributed by atoms with Gasteiger partial charge in [0.25, 0.3) is 0 Å². The molecule has 1 aliphatic heterocycles. The van der Waals surface area contributed by atoms with Gasteiger partial charge in [0.05, 0.1) is 11.6 Å². The summed E-state index contributed by atoms with van der Waals surface area (Å²) < 4.78 is 41.0. The standard InChI is InChI=1S/C20H19ClF3NO2/c21-14-10-8-13(9-11-14)18(25-12-4-3-7-17(25)19(26)27)15-5-1-2-6-16(15)20(22,23)24/h1-2,5-6,8-11,17-18H,3-4,7,12H2,(H,26,27). The van der Waals surface area contributed by atoms with Crippen LogP contribution in [0.4, 0.5) is 13.2 Å². The topological polar surface area (TPSA) is 40.5 Å². The van der Waals surface area contributed by atoms with E-state index in [0.29, 0.717) is 23.6 Å². The van der Waals surface area contributed by atoms with E-state index in [1.807, 2.05) is 0 Å². The second kappa shape index (κ2) is 7.90. The van der Waals surface area contributed by atoms with Gasteiger partial charge in [-0.05, 0) is 48.7 Å². The molecule has 27 heavy (non-hydrogen) atoms. The maximum Gasteiger partial charge on any atom is 0.416 e. The van der Waals surface area contributed by atoms with Crippen molar-refractivity contribution in [1.82, 2.24) is 4.90 Å². The van der Waals surface area contributed by atoms with Gasteiger partial charge in [0.2, 0.25) is 0 Å². The summed E-state index contributed by atoms with van der Waals surface area (Å²) in [5.74, 6) is -1.02. The van der Waals surface area contributed by atoms with E-state index in [9.17, 15) is 23.1 Å². The summed E-state index contributed by atoms with van der Waals surface area (Å²) >= 11 is 5.94. The summed E-state index contributed by atoms with van der Waals surface area (Å²) in [6.07, 6.45) is -2.65. The Hall–Kier alpha value is -2.05. The largest absolute Gasteiger partial charge is 0.480 e. The molecule has 0 radical (unpaired) electrons. The molecule has 1 saturated heterocycles. The molecule has 0 aromatic heterocycles. The third-order valence-corrected chi connectivity index (χ3v) is 5.16. The number of alkyl halides is 3. The Balaban J connectivity index is 2.17. The van der Waals surface area contributed by atoms with E-state index < -0.39 is 29.8 Å². The lowest BCUT2D eigenvalue weighted by molar-refractivity contribution is -0.145. The Labute approximate surface area is 160 Å². The number of hydrogen-bond acceptors (Lipinski definition) is 2. The van der Waals surface area contributed by atoms with E-state index in [0.717, 1.165) is 18.9 Å². The first-order valence-corrected chi connectivity index (χ1v) is 9.07. The van der Waals surface area contributed by atoms with E-state index in [2.05, 4.69) is 0 Å². The molecule has 3 rings (SSSR count). The summed E-state index contributed by atoms with van der Waals surface area (Å²) in [4.78, 5) is 13.4. The zero-order valence-electron chi connectivity index (χ0n) is 14.4. The fourth-order valence-electron chi connectivity index (χ4n) is 3.72. The number of nitrogens with zero attached hydrogens (tertiary/aromatic N) is 1. The maximum absolute atomic E-state index is 13.7. The fraction of sp³-hybridized carbons (Fsp3) is 0.350. The molecule has 2 aromatic carbocycles. The van der Waals surface area contributed by atoms with Crippen LogP contribution in [0.25, 0.3) is 0 Å². The average Bonchev–Trinajstić information content (AvgIpc) is 2.63. The summed E-state index contributed by atoms with van der Waals surface area (Å²) in [6, 6.07) is 10.2. The number of rotatable bonds is 4. The van der Waals surface area contributed by atoms with Crippen molar-refractivity contribution in [3.8, 4) is 0 Å². The Morgan fingerprint density at radius 2 is 1.78 bits per heavy atom. The smallest absolute Gasteiger partial charge is 0.416 e. The van der Waals surface area contributed by atoms with Crippen molar-refractivity contribution in [2.45, 2.75) is 37.5 Å². The molecule has 2 aromatic rings. The number of benzene rings is 2. The minimum atomic E-state index is -4.53. The van der Waals surface area contributed by atoms with Crippen molar-refractivity contribution in [1.29, 1.82) is 0 Å². The summed E-state index contributed by atoms with van der Waals surface area (Å²) in [7, 11) is 0. The van der Waals surface area contributed by atoms with Crippen molar-refractivity contribution in [2.75, 3.05) is 6.54 Å². The summed E-state index contributed by atoms with van der Waals surface area (Å²) in [5.41, 5.74) is -0.107. The van der Waals surface area contributed by atoms with Gasteiger partial charge in [0.1, 0.15) is 6.04 Å². The number of carbonyl (C=O) groups is 1. The molecule has 1 heterocycles. The number of hydrogen-bond donors (Lipinski definition) is 1. The highest BCUT2D eigenvalue weighted by Crippen LogP contribution is 2.41. The van der Waals surface area contributed by atoms with Crippen molar-refractivity contribution in [2.24, 2.45) is 0 Å². The van der Waals surface area contributed by atoms with Crippen LogP contribution in [0.5, 0.6) is 0 Å². The lowest BCUT2D eigenvalue weighted by atomic mass is 9.89. The molecule has 0 spiro atoms. The third-order valence-electron chi connectivity index (χ3n) is 4.91. The molecular weight excluding hydrogens is 379 g/mol. The molecule has 1 aliphatic rings. The molecule has 1 fully saturated rings. The van der Waals surface area contributed by atoms with Crippen LogP contribution in [0.2, 0.25) is 5.02 Å². The van der Waals surface area contributed by atoms with Gasteiger partial charge in [-0.25, -0.2) is 0 Å². The lowest BCUT2D eigenvalue weighted by Gasteiger charge is -2.40. The van der Waals surface area contributed by atoms with Gasteiger partial charge in [0, 0.05) is 5.02 Å². The SMILES string of the molecule is O=C(O)C1CCCCN1C(c1ccc(Cl)cc1)c1ccccc1C(F)(F)F. The molecule has 7 heteroatoms. The summed E-state index contributed by atoms with van der Waals surface area (Å²) in [6.45, 7) is 0.413. The first kappa shape index (κ1) is 19.7. The zero-order valence-corrected chi connectivity index (χ0v) is 15.2. The molecule has 3 nitrogen and oxygen atoms in total. The number of piperidine rings is 1. The van der Waals surface area contributed by atoms with Crippen LogP contribution in [0.15, 0.2) is 48.5 Å². The molecule has 0 aliphatic carbocycles. The van der Waals surface area contributed by atoms with Crippen LogP contribution >= 0.6 is 11.6 Å². The minimum Gasteiger partial charge on any atom is -0.480 e. The van der Waals surface area contributed by atoms with Crippen LogP contribution in [0.1, 0.15) is 42.0 Å². The molecule has 0 saturated carbocycles. The van der Waals surface area contributed by atoms with Crippen LogP contribution in [-0.4, -0.2) is 28.6 Å². The quantitative estimate of drug-likeness (QED) is 0.752. The second-order valence-electron chi connectivity index (χ2n) is 6.63. The van der Waals surface area contributed by atoms with Crippen LogP contribution in [-0.2, 0) is 11.0 Å². The predicted octanol–water partition coefficient (Wildman–Crippen LogP) is 5.39. The fourth-order valence-corrected chi connectivity index (χ4v) is 3.84. The van der Waals surface area contributed by atoms with Crippen molar-refractivity contribution in [3.63, 3.8) is 0 Å². The highest BCUT2D eigenvalue weighted by molar-refractivity contribution is 6.30. The zero-order chi connectivity index (χ0) is 19.6. The van der Waals surface area contributed by atoms with E-state index >= 15 is 0 Å². The van der Waals surface area contributed by atoms with Gasteiger partial charge in [-0.15, -0.1) is 0 Å². The molecule has 0 bridgehead atoms. The van der Waals surface area contributed by atoms with E-state index in [1.54, 1.807) is 35.2 Å². The summed E-state index contributed by atoms with van der Waals surface area (Å²) in [5, 5.41) is 10.1. The van der Waals surface area contributed by atoms with Gasteiger partial charge in [0.15, 0.2) is 0 Å². The molecule has 144 valence electrons. The average molecular weight is 398 g/mol. The Morgan fingerprint density at radius 1 is 1.11 bits per heavy atom. The number of aliphatic carboxylic acids is 1. The Kier molecular flexibility index (Phi) is 5.77. The first-order valence-electron chi connectivity index (χ1n) is 8.69. The normalized spacial score (nSPS) is 19.6. The molecule has 2 atom stereocenters. The number of carboxylic acids is 1. The van der Waals surface area contributed by atoms with Gasteiger partial charge in [-0.1, -0.05) is 48.4 Å². The molecule has 1 N–H and O–H groups in total. The van der Waals surface area contributed by atoms with Gasteiger partial charge in [-0.3, -0.25) is 9.69 Å². The maximum atomic E-state index is 13.7. The first-order chi connectivity index (χ1) is 12.8. The third kappa shape index (κ3) is 4.28. The highest BCUT2D eigenvalue weighted by atomic mass is 35.5. The van der Waals surface area contributed by atoms with Gasteiger partial charge < -0.3 is 5.11 Å². The molecular formula is C20H19ClF3NO2. The molecule has 0 amide bonds. The number of halogens is 4. The van der Waals surface area contributed by atoms with Crippen LogP contribution in [0.3, 0.4) is 0 Å². The predicted molar refractivity (Wildman–Crippen MR) is 96.7 cm³/mol. The van der Waals surface area contributed by atoms with Crippen LogP contribution < -0.4 is 0 Å². The van der Waals surface area contributed by atoms with E-state index in [4.69, 9.17) is 11.6 Å². The van der Waals surface area contributed by atoms with Crippen molar-refractivity contribution in [3.05, 3.63) is 70.2 Å². The second-order valence-corrected chi connectivity index (χ2v) is 7.06. The van der Waals surface area contributed by atoms with Gasteiger partial charge in [-0.2, -0.15) is 13.2 Å².